The number of aliphatic hydroxyl groups is 1. The Morgan fingerprint density at radius 2 is 1.71 bits per heavy atom. The zero-order valence-electron chi connectivity index (χ0n) is 12.9. The Hall–Kier alpha value is -1.83. The summed E-state index contributed by atoms with van der Waals surface area (Å²) in [6.45, 7) is 7.03. The summed E-state index contributed by atoms with van der Waals surface area (Å²) in [7, 11) is 0. The van der Waals surface area contributed by atoms with Gasteiger partial charge in [-0.3, -0.25) is 9.59 Å². The fourth-order valence-corrected chi connectivity index (χ4v) is 1.43. The lowest BCUT2D eigenvalue weighted by molar-refractivity contribution is -0.141. The van der Waals surface area contributed by atoms with Crippen LogP contribution in [0.2, 0.25) is 0 Å². The predicted molar refractivity (Wildman–Crippen MR) is 76.7 cm³/mol. The van der Waals surface area contributed by atoms with Crippen molar-refractivity contribution in [3.8, 4) is 0 Å². The molecular formula is C13H25N3O5. The molecule has 5 N–H and O–H groups in total. The van der Waals surface area contributed by atoms with E-state index in [0.717, 1.165) is 0 Å². The number of nitrogens with one attached hydrogen (secondary N) is 3. The Balaban J connectivity index is 4.13. The lowest BCUT2D eigenvalue weighted by Crippen LogP contribution is -2.51. The molecule has 0 aromatic rings. The van der Waals surface area contributed by atoms with Crippen molar-refractivity contribution in [3.05, 3.63) is 0 Å². The van der Waals surface area contributed by atoms with Gasteiger partial charge in [-0.15, -0.1) is 0 Å². The maximum absolute atomic E-state index is 11.6. The molecular weight excluding hydrogens is 278 g/mol. The molecule has 0 spiro atoms. The minimum Gasteiger partial charge on any atom is -0.481 e. The summed E-state index contributed by atoms with van der Waals surface area (Å²) in [6, 6.07) is -1.37. The van der Waals surface area contributed by atoms with Crippen LogP contribution in [0.25, 0.3) is 0 Å². The molecule has 0 saturated heterocycles. The highest BCUT2D eigenvalue weighted by Gasteiger charge is 2.25. The highest BCUT2D eigenvalue weighted by Crippen LogP contribution is 2.07. The van der Waals surface area contributed by atoms with Crippen LogP contribution in [0.3, 0.4) is 0 Å². The largest absolute Gasteiger partial charge is 0.481 e. The fourth-order valence-electron chi connectivity index (χ4n) is 1.43. The minimum atomic E-state index is -1.55. The first-order valence-corrected chi connectivity index (χ1v) is 6.80. The molecule has 8 nitrogen and oxygen atoms in total. The van der Waals surface area contributed by atoms with Gasteiger partial charge in [-0.2, -0.15) is 0 Å². The van der Waals surface area contributed by atoms with Gasteiger partial charge >= 0.3 is 12.0 Å². The molecule has 3 amide bonds. The van der Waals surface area contributed by atoms with Crippen LogP contribution in [0.4, 0.5) is 4.79 Å². The zero-order chi connectivity index (χ0) is 16.6. The average molecular weight is 303 g/mol. The molecule has 0 aromatic heterocycles. The van der Waals surface area contributed by atoms with Crippen LogP contribution < -0.4 is 16.0 Å². The quantitative estimate of drug-likeness (QED) is 0.419. The van der Waals surface area contributed by atoms with Crippen molar-refractivity contribution in [1.29, 1.82) is 0 Å². The first kappa shape index (κ1) is 19.2. The standard InChI is InChI=1S/C13H25N3O5/c1-8(2)6-14-11(19)9(3)16-12(20)15-7-13(4,21)5-10(17)18/h8-9,21H,5-7H2,1-4H3,(H,14,19)(H,17,18)(H2,15,16,20). The molecule has 0 aliphatic heterocycles. The first-order chi connectivity index (χ1) is 9.53. The van der Waals surface area contributed by atoms with Gasteiger partial charge in [0.1, 0.15) is 6.04 Å². The molecule has 0 aromatic carbocycles. The van der Waals surface area contributed by atoms with Crippen molar-refractivity contribution in [2.75, 3.05) is 13.1 Å². The summed E-state index contributed by atoms with van der Waals surface area (Å²) < 4.78 is 0. The molecule has 0 saturated carbocycles. The summed E-state index contributed by atoms with van der Waals surface area (Å²) in [6.07, 6.45) is -0.488. The first-order valence-electron chi connectivity index (χ1n) is 6.80. The van der Waals surface area contributed by atoms with E-state index in [2.05, 4.69) is 16.0 Å². The number of urea groups is 1. The molecule has 0 aliphatic rings. The van der Waals surface area contributed by atoms with E-state index in [1.165, 1.54) is 13.8 Å². The van der Waals surface area contributed by atoms with Gasteiger partial charge in [0.25, 0.3) is 0 Å². The van der Waals surface area contributed by atoms with E-state index in [0.29, 0.717) is 12.5 Å². The Morgan fingerprint density at radius 3 is 2.19 bits per heavy atom. The number of rotatable bonds is 8. The summed E-state index contributed by atoms with van der Waals surface area (Å²) >= 11 is 0. The number of hydrogen-bond donors (Lipinski definition) is 5. The predicted octanol–water partition coefficient (Wildman–Crippen LogP) is -0.328. The topological polar surface area (TPSA) is 128 Å². The summed E-state index contributed by atoms with van der Waals surface area (Å²) in [5.74, 6) is -1.17. The number of carbonyl (C=O) groups excluding carboxylic acids is 2. The average Bonchev–Trinajstić information content (AvgIpc) is 2.31. The van der Waals surface area contributed by atoms with E-state index >= 15 is 0 Å². The Morgan fingerprint density at radius 1 is 1.14 bits per heavy atom. The van der Waals surface area contributed by atoms with Gasteiger partial charge < -0.3 is 26.2 Å². The highest BCUT2D eigenvalue weighted by molar-refractivity contribution is 5.86. The van der Waals surface area contributed by atoms with Crippen molar-refractivity contribution >= 4 is 17.9 Å². The third-order valence-electron chi connectivity index (χ3n) is 2.59. The number of amides is 3. The summed E-state index contributed by atoms with van der Waals surface area (Å²) in [5.41, 5.74) is -1.55. The maximum Gasteiger partial charge on any atom is 0.315 e. The second-order valence-electron chi connectivity index (χ2n) is 5.76. The van der Waals surface area contributed by atoms with Crippen LogP contribution in [0, 0.1) is 5.92 Å². The Bertz CT molecular complexity index is 382. The Kier molecular flexibility index (Phi) is 7.72. The van der Waals surface area contributed by atoms with Gasteiger partial charge in [0.05, 0.1) is 12.0 Å². The van der Waals surface area contributed by atoms with Crippen LogP contribution >= 0.6 is 0 Å². The van der Waals surface area contributed by atoms with Crippen molar-refractivity contribution in [2.24, 2.45) is 5.92 Å². The van der Waals surface area contributed by atoms with Gasteiger partial charge in [0, 0.05) is 13.1 Å². The summed E-state index contributed by atoms with van der Waals surface area (Å²) in [5, 5.41) is 25.7. The molecule has 21 heavy (non-hydrogen) atoms. The van der Waals surface area contributed by atoms with Crippen molar-refractivity contribution in [1.82, 2.24) is 16.0 Å². The molecule has 8 heteroatoms. The zero-order valence-corrected chi connectivity index (χ0v) is 12.9. The van der Waals surface area contributed by atoms with E-state index in [9.17, 15) is 19.5 Å². The minimum absolute atomic E-state index is 0.231. The molecule has 0 rings (SSSR count). The number of carboxylic acid groups (broad SMARTS) is 1. The molecule has 2 atom stereocenters. The monoisotopic (exact) mass is 303 g/mol. The van der Waals surface area contributed by atoms with Crippen molar-refractivity contribution < 1.29 is 24.6 Å². The SMILES string of the molecule is CC(C)CNC(=O)C(C)NC(=O)NCC(C)(O)CC(=O)O. The lowest BCUT2D eigenvalue weighted by Gasteiger charge is -2.22. The van der Waals surface area contributed by atoms with Crippen LogP contribution in [0.5, 0.6) is 0 Å². The van der Waals surface area contributed by atoms with E-state index < -0.39 is 30.1 Å². The van der Waals surface area contributed by atoms with E-state index in [1.807, 2.05) is 13.8 Å². The van der Waals surface area contributed by atoms with Crippen molar-refractivity contribution in [3.63, 3.8) is 0 Å². The number of aliphatic carboxylic acids is 1. The Labute approximate surface area is 124 Å². The molecule has 2 unspecified atom stereocenters. The van der Waals surface area contributed by atoms with Gasteiger partial charge in [-0.1, -0.05) is 13.8 Å². The van der Waals surface area contributed by atoms with Crippen LogP contribution in [0.15, 0.2) is 0 Å². The lowest BCUT2D eigenvalue weighted by atomic mass is 10.0. The molecule has 122 valence electrons. The van der Waals surface area contributed by atoms with E-state index in [1.54, 1.807) is 0 Å². The summed E-state index contributed by atoms with van der Waals surface area (Å²) in [4.78, 5) is 33.7. The number of carboxylic acids is 1. The smallest absolute Gasteiger partial charge is 0.315 e. The van der Waals surface area contributed by atoms with E-state index in [-0.39, 0.29) is 12.5 Å². The van der Waals surface area contributed by atoms with Gasteiger partial charge in [-0.05, 0) is 19.8 Å². The second-order valence-corrected chi connectivity index (χ2v) is 5.76. The molecule has 0 heterocycles. The van der Waals surface area contributed by atoms with Gasteiger partial charge in [0.15, 0.2) is 0 Å². The third kappa shape index (κ3) is 9.67. The molecule has 0 aliphatic carbocycles. The number of hydrogen-bond acceptors (Lipinski definition) is 4. The molecule has 0 fully saturated rings. The van der Waals surface area contributed by atoms with Gasteiger partial charge in [-0.25, -0.2) is 4.79 Å². The van der Waals surface area contributed by atoms with Crippen LogP contribution in [-0.4, -0.2) is 52.9 Å². The molecule has 0 bridgehead atoms. The van der Waals surface area contributed by atoms with Gasteiger partial charge in [0.2, 0.25) is 5.91 Å². The number of carbonyl (C=O) groups is 3. The second kappa shape index (κ2) is 8.46. The molecule has 0 radical (unpaired) electrons. The van der Waals surface area contributed by atoms with Crippen molar-refractivity contribution in [2.45, 2.75) is 45.8 Å². The van der Waals surface area contributed by atoms with Crippen LogP contribution in [0.1, 0.15) is 34.1 Å². The highest BCUT2D eigenvalue weighted by atomic mass is 16.4. The fraction of sp³-hybridized carbons (Fsp3) is 0.769. The van der Waals surface area contributed by atoms with Crippen LogP contribution in [-0.2, 0) is 9.59 Å². The van der Waals surface area contributed by atoms with E-state index in [4.69, 9.17) is 5.11 Å². The third-order valence-corrected chi connectivity index (χ3v) is 2.59. The maximum atomic E-state index is 11.6. The normalized spacial score (nSPS) is 15.0.